The molecule has 1 aromatic rings. The third-order valence-corrected chi connectivity index (χ3v) is 5.43. The van der Waals surface area contributed by atoms with Crippen LogP contribution in [0.3, 0.4) is 0 Å². The van der Waals surface area contributed by atoms with Crippen molar-refractivity contribution in [1.29, 1.82) is 0 Å². The minimum absolute atomic E-state index is 0. The van der Waals surface area contributed by atoms with E-state index >= 15 is 0 Å². The molecule has 0 unspecified atom stereocenters. The molecule has 0 radical (unpaired) electrons. The van der Waals surface area contributed by atoms with Gasteiger partial charge < -0.3 is 5.32 Å². The molecule has 0 aliphatic carbocycles. The van der Waals surface area contributed by atoms with E-state index in [1.807, 2.05) is 27.7 Å². The van der Waals surface area contributed by atoms with Crippen LogP contribution >= 0.6 is 12.4 Å². The molecule has 2 rings (SSSR count). The number of nitro benzene ring substituents is 1. The summed E-state index contributed by atoms with van der Waals surface area (Å²) in [5.74, 6) is 0. The Morgan fingerprint density at radius 3 is 2.17 bits per heavy atom. The molecular weight excluding hydrogens is 354 g/mol. The smallest absolute Gasteiger partial charge is 0.289 e. The lowest BCUT2D eigenvalue weighted by Gasteiger charge is -2.46. The van der Waals surface area contributed by atoms with Crippen LogP contribution in [0.25, 0.3) is 0 Å². The van der Waals surface area contributed by atoms with E-state index in [-0.39, 0.29) is 34.4 Å². The van der Waals surface area contributed by atoms with Gasteiger partial charge in [0.25, 0.3) is 5.69 Å². The number of nitrogens with one attached hydrogen (secondary N) is 2. The van der Waals surface area contributed by atoms with Crippen LogP contribution in [0, 0.1) is 10.1 Å². The second kappa shape index (κ2) is 6.95. The van der Waals surface area contributed by atoms with Crippen molar-refractivity contribution >= 4 is 28.1 Å². The van der Waals surface area contributed by atoms with E-state index < -0.39 is 20.6 Å². The van der Waals surface area contributed by atoms with Crippen LogP contribution in [-0.2, 0) is 10.0 Å². The zero-order valence-corrected chi connectivity index (χ0v) is 15.8. The van der Waals surface area contributed by atoms with E-state index in [1.54, 1.807) is 0 Å². The van der Waals surface area contributed by atoms with Crippen molar-refractivity contribution in [1.82, 2.24) is 10.0 Å². The molecule has 0 spiro atoms. The van der Waals surface area contributed by atoms with Gasteiger partial charge in [0.05, 0.1) is 4.92 Å². The number of benzene rings is 1. The van der Waals surface area contributed by atoms with Crippen LogP contribution in [0.4, 0.5) is 5.69 Å². The molecule has 0 aromatic heterocycles. The van der Waals surface area contributed by atoms with Crippen LogP contribution in [0.5, 0.6) is 0 Å². The van der Waals surface area contributed by atoms with Crippen molar-refractivity contribution in [3.05, 3.63) is 34.4 Å². The lowest BCUT2D eigenvalue weighted by Crippen LogP contribution is -2.62. The van der Waals surface area contributed by atoms with Crippen molar-refractivity contribution in [3.63, 3.8) is 0 Å². The first kappa shape index (κ1) is 20.8. The van der Waals surface area contributed by atoms with E-state index in [0.717, 1.165) is 0 Å². The fourth-order valence-corrected chi connectivity index (χ4v) is 4.93. The Morgan fingerprint density at radius 2 is 1.67 bits per heavy atom. The predicted molar refractivity (Wildman–Crippen MR) is 95.0 cm³/mol. The highest BCUT2D eigenvalue weighted by molar-refractivity contribution is 7.89. The van der Waals surface area contributed by atoms with E-state index in [4.69, 9.17) is 0 Å². The number of nitrogens with zero attached hydrogens (tertiary/aromatic N) is 1. The normalized spacial score (nSPS) is 20.2. The highest BCUT2D eigenvalue weighted by Gasteiger charge is 2.40. The molecule has 1 fully saturated rings. The summed E-state index contributed by atoms with van der Waals surface area (Å²) in [4.78, 5) is 10.1. The second-order valence-corrected chi connectivity index (χ2v) is 9.03. The molecule has 0 atom stereocenters. The first-order valence-corrected chi connectivity index (χ1v) is 8.95. The monoisotopic (exact) mass is 377 g/mol. The molecule has 1 saturated heterocycles. The third kappa shape index (κ3) is 4.89. The summed E-state index contributed by atoms with van der Waals surface area (Å²) in [6, 6.07) is 5.11. The van der Waals surface area contributed by atoms with Gasteiger partial charge in [-0.25, -0.2) is 13.1 Å². The average molecular weight is 378 g/mol. The van der Waals surface area contributed by atoms with Gasteiger partial charge in [0.15, 0.2) is 4.90 Å². The Hall–Kier alpha value is -1.22. The highest BCUT2D eigenvalue weighted by atomic mass is 35.5. The maximum Gasteiger partial charge on any atom is 0.289 e. The average Bonchev–Trinajstić information content (AvgIpc) is 2.34. The van der Waals surface area contributed by atoms with E-state index in [2.05, 4.69) is 10.0 Å². The lowest BCUT2D eigenvalue weighted by atomic mass is 9.80. The topological polar surface area (TPSA) is 101 Å². The summed E-state index contributed by atoms with van der Waals surface area (Å²) in [7, 11) is -3.96. The molecule has 1 heterocycles. The number of hydrogen-bond acceptors (Lipinski definition) is 5. The van der Waals surface area contributed by atoms with Crippen molar-refractivity contribution in [2.75, 3.05) is 0 Å². The summed E-state index contributed by atoms with van der Waals surface area (Å²) in [5.41, 5.74) is -0.859. The molecule has 24 heavy (non-hydrogen) atoms. The third-order valence-electron chi connectivity index (χ3n) is 3.86. The molecule has 9 heteroatoms. The number of hydrogen-bond donors (Lipinski definition) is 2. The van der Waals surface area contributed by atoms with Gasteiger partial charge in [0.1, 0.15) is 0 Å². The molecule has 1 aliphatic rings. The van der Waals surface area contributed by atoms with Gasteiger partial charge in [-0.05, 0) is 46.6 Å². The lowest BCUT2D eigenvalue weighted by molar-refractivity contribution is -0.387. The minimum Gasteiger partial charge on any atom is -0.307 e. The molecule has 0 amide bonds. The van der Waals surface area contributed by atoms with Gasteiger partial charge in [0, 0.05) is 23.2 Å². The quantitative estimate of drug-likeness (QED) is 0.620. The fraction of sp³-hybridized carbons (Fsp3) is 0.600. The number of para-hydroxylation sites is 1. The Bertz CT molecular complexity index is 703. The maximum absolute atomic E-state index is 12.6. The van der Waals surface area contributed by atoms with Gasteiger partial charge in [0.2, 0.25) is 10.0 Å². The first-order chi connectivity index (χ1) is 10.4. The molecule has 2 N–H and O–H groups in total. The number of halogens is 1. The van der Waals surface area contributed by atoms with Crippen molar-refractivity contribution in [2.24, 2.45) is 0 Å². The number of sulfonamides is 1. The predicted octanol–water partition coefficient (Wildman–Crippen LogP) is 2.60. The second-order valence-electron chi connectivity index (χ2n) is 7.34. The Balaban J connectivity index is 0.00000288. The van der Waals surface area contributed by atoms with Crippen LogP contribution in [-0.4, -0.2) is 30.5 Å². The zero-order valence-electron chi connectivity index (χ0n) is 14.2. The minimum atomic E-state index is -3.96. The summed E-state index contributed by atoms with van der Waals surface area (Å²) in [6.07, 6.45) is 1.21. The standard InChI is InChI=1S/C15H23N3O4S.ClH/c1-14(2)9-11(10-15(3,4)17-14)16-23(21,22)13-8-6-5-7-12(13)18(19)20;/h5-8,11,16-17H,9-10H2,1-4H3;1H. The summed E-state index contributed by atoms with van der Waals surface area (Å²) in [6.45, 7) is 8.06. The van der Waals surface area contributed by atoms with Crippen LogP contribution in [0.1, 0.15) is 40.5 Å². The molecular formula is C15H24ClN3O4S. The van der Waals surface area contributed by atoms with Gasteiger partial charge in [-0.2, -0.15) is 0 Å². The first-order valence-electron chi connectivity index (χ1n) is 7.47. The maximum atomic E-state index is 12.6. The van der Waals surface area contributed by atoms with Crippen molar-refractivity contribution in [2.45, 2.75) is 62.6 Å². The van der Waals surface area contributed by atoms with Gasteiger partial charge in [-0.3, -0.25) is 10.1 Å². The van der Waals surface area contributed by atoms with E-state index in [0.29, 0.717) is 12.8 Å². The van der Waals surface area contributed by atoms with Gasteiger partial charge in [-0.1, -0.05) is 12.1 Å². The highest BCUT2D eigenvalue weighted by Crippen LogP contribution is 2.30. The summed E-state index contributed by atoms with van der Waals surface area (Å²) in [5, 5.41) is 14.5. The fourth-order valence-electron chi connectivity index (χ4n) is 3.52. The van der Waals surface area contributed by atoms with E-state index in [9.17, 15) is 18.5 Å². The molecule has 7 nitrogen and oxygen atoms in total. The van der Waals surface area contributed by atoms with Crippen LogP contribution in [0.15, 0.2) is 29.2 Å². The zero-order chi connectivity index (χ0) is 17.5. The Labute approximate surface area is 148 Å². The summed E-state index contributed by atoms with van der Waals surface area (Å²) >= 11 is 0. The number of piperidine rings is 1. The van der Waals surface area contributed by atoms with E-state index in [1.165, 1.54) is 24.3 Å². The van der Waals surface area contributed by atoms with Gasteiger partial charge >= 0.3 is 0 Å². The van der Waals surface area contributed by atoms with Crippen LogP contribution < -0.4 is 10.0 Å². The SMILES string of the molecule is CC1(C)CC(NS(=O)(=O)c2ccccc2[N+](=O)[O-])CC(C)(C)N1.Cl. The largest absolute Gasteiger partial charge is 0.307 e. The summed E-state index contributed by atoms with van der Waals surface area (Å²) < 4.78 is 27.9. The van der Waals surface area contributed by atoms with Gasteiger partial charge in [-0.15, -0.1) is 12.4 Å². The Kier molecular flexibility index (Phi) is 6.03. The number of nitro groups is 1. The molecule has 136 valence electrons. The van der Waals surface area contributed by atoms with Crippen molar-refractivity contribution in [3.8, 4) is 0 Å². The molecule has 0 saturated carbocycles. The van der Waals surface area contributed by atoms with Crippen molar-refractivity contribution < 1.29 is 13.3 Å². The number of rotatable bonds is 4. The molecule has 0 bridgehead atoms. The Morgan fingerprint density at radius 1 is 1.17 bits per heavy atom. The molecule has 1 aliphatic heterocycles. The molecule has 1 aromatic carbocycles. The van der Waals surface area contributed by atoms with Crippen LogP contribution in [0.2, 0.25) is 0 Å².